The summed E-state index contributed by atoms with van der Waals surface area (Å²) in [5.74, 6) is 1.43. The van der Waals surface area contributed by atoms with E-state index in [-0.39, 0.29) is 49.1 Å². The summed E-state index contributed by atoms with van der Waals surface area (Å²) in [4.78, 5) is 27.4. The van der Waals surface area contributed by atoms with Crippen LogP contribution in [0.2, 0.25) is 0 Å². The standard InChI is InChI=1S/C14H17NO3.C12H24O.U/c1-9-3-8-14(15-10(9)2)18-13-7-5-11(16)4-6-12(13)17;1-5-8-12(13-7-3)10-9-11(4)6-2;/h3,8,13H,4-7H2,1-2H3;11H,3,5-10H2,1-2,4H3;/q;-2;+2. The SMILES string of the molecule is Cc1ccc(OC2CCC(=O)CCC2=O)nc1C.[CH2-]CO[C-](CCC)CCC(C)CC.[U+2]. The van der Waals surface area contributed by atoms with Crippen LogP contribution in [0.1, 0.15) is 89.8 Å². The molecule has 5 nitrogen and oxygen atoms in total. The topological polar surface area (TPSA) is 65.5 Å². The Morgan fingerprint density at radius 1 is 1.16 bits per heavy atom. The van der Waals surface area contributed by atoms with Gasteiger partial charge in [-0.2, -0.15) is 18.9 Å². The molecular weight excluding hydrogens is 628 g/mol. The fraction of sp³-hybridized carbons (Fsp3) is 0.654. The maximum Gasteiger partial charge on any atom is 2.00 e. The Labute approximate surface area is 219 Å². The molecule has 0 radical (unpaired) electrons. The largest absolute Gasteiger partial charge is 2.00 e. The Balaban J connectivity index is 0.000000617. The van der Waals surface area contributed by atoms with Crippen LogP contribution in [0.4, 0.5) is 0 Å². The van der Waals surface area contributed by atoms with E-state index in [0.29, 0.717) is 31.7 Å². The molecule has 2 unspecified atom stereocenters. The van der Waals surface area contributed by atoms with Gasteiger partial charge in [-0.05, 0) is 31.7 Å². The van der Waals surface area contributed by atoms with Crippen molar-refractivity contribution in [2.24, 2.45) is 5.92 Å². The van der Waals surface area contributed by atoms with Gasteiger partial charge in [0.25, 0.3) is 0 Å². The molecule has 0 saturated heterocycles. The Morgan fingerprint density at radius 3 is 2.47 bits per heavy atom. The van der Waals surface area contributed by atoms with Crippen molar-refractivity contribution in [3.05, 3.63) is 36.4 Å². The molecule has 0 aliphatic heterocycles. The molecule has 2 rings (SSSR count). The zero-order valence-corrected chi connectivity index (χ0v) is 24.8. The summed E-state index contributed by atoms with van der Waals surface area (Å²) in [6.07, 6.45) is 8.17. The number of aromatic nitrogens is 1. The van der Waals surface area contributed by atoms with Crippen molar-refractivity contribution in [1.29, 1.82) is 0 Å². The second-order valence-electron chi connectivity index (χ2n) is 8.39. The summed E-state index contributed by atoms with van der Waals surface area (Å²) in [5.41, 5.74) is 1.98. The average molecular weight is 670 g/mol. The first-order valence-electron chi connectivity index (χ1n) is 11.7. The first-order valence-corrected chi connectivity index (χ1v) is 11.7. The van der Waals surface area contributed by atoms with Gasteiger partial charge in [-0.1, -0.05) is 46.1 Å². The summed E-state index contributed by atoms with van der Waals surface area (Å²) in [5, 5.41) is 0. The summed E-state index contributed by atoms with van der Waals surface area (Å²) in [6.45, 7) is 14.9. The molecule has 1 aliphatic carbocycles. The molecule has 1 aromatic rings. The van der Waals surface area contributed by atoms with Gasteiger partial charge in [-0.15, -0.1) is 6.61 Å². The van der Waals surface area contributed by atoms with Gasteiger partial charge < -0.3 is 16.4 Å². The molecule has 0 spiro atoms. The summed E-state index contributed by atoms with van der Waals surface area (Å²) in [7, 11) is 0. The molecule has 6 heteroatoms. The van der Waals surface area contributed by atoms with E-state index < -0.39 is 6.10 Å². The number of Topliss-reactive ketones (excluding diaryl/α,β-unsaturated/α-hetero) is 2. The Hall–Kier alpha value is -0.698. The van der Waals surface area contributed by atoms with E-state index in [1.807, 2.05) is 19.9 Å². The van der Waals surface area contributed by atoms with Crippen molar-refractivity contribution in [2.45, 2.75) is 98.5 Å². The fourth-order valence-corrected chi connectivity index (χ4v) is 3.25. The molecule has 1 aromatic heterocycles. The van der Waals surface area contributed by atoms with Gasteiger partial charge >= 0.3 is 31.1 Å². The molecule has 0 N–H and O–H groups in total. The van der Waals surface area contributed by atoms with Crippen LogP contribution in [0, 0.1) is 63.9 Å². The van der Waals surface area contributed by atoms with E-state index in [0.717, 1.165) is 30.0 Å². The van der Waals surface area contributed by atoms with Crippen LogP contribution < -0.4 is 4.74 Å². The van der Waals surface area contributed by atoms with Gasteiger partial charge in [0.2, 0.25) is 5.88 Å². The van der Waals surface area contributed by atoms with Crippen LogP contribution in [0.15, 0.2) is 12.1 Å². The van der Waals surface area contributed by atoms with Crippen molar-refractivity contribution >= 4 is 11.6 Å². The molecule has 1 saturated carbocycles. The molecular formula is C26H41NO4U. The quantitative estimate of drug-likeness (QED) is 0.221. The van der Waals surface area contributed by atoms with E-state index in [1.165, 1.54) is 25.4 Å². The minimum atomic E-state index is -0.522. The molecule has 0 amide bonds. The third kappa shape index (κ3) is 12.5. The van der Waals surface area contributed by atoms with Gasteiger partial charge in [0.15, 0.2) is 11.9 Å². The molecule has 1 fully saturated rings. The fourth-order valence-electron chi connectivity index (χ4n) is 3.25. The number of nitrogens with zero attached hydrogens (tertiary/aromatic N) is 1. The molecule has 1 aliphatic rings. The van der Waals surface area contributed by atoms with Gasteiger partial charge in [0, 0.05) is 31.0 Å². The zero-order valence-electron chi connectivity index (χ0n) is 20.7. The van der Waals surface area contributed by atoms with Gasteiger partial charge in [-0.3, -0.25) is 9.59 Å². The van der Waals surface area contributed by atoms with Crippen LogP contribution in [0.3, 0.4) is 0 Å². The Morgan fingerprint density at radius 2 is 1.88 bits per heavy atom. The van der Waals surface area contributed by atoms with Gasteiger partial charge in [0.05, 0.1) is 0 Å². The molecule has 0 aromatic carbocycles. The number of rotatable bonds is 10. The Kier molecular flexibility index (Phi) is 17.3. The van der Waals surface area contributed by atoms with E-state index in [4.69, 9.17) is 9.47 Å². The number of carbonyl (C=O) groups is 2. The van der Waals surface area contributed by atoms with E-state index >= 15 is 0 Å². The number of ketones is 2. The zero-order chi connectivity index (χ0) is 23.2. The van der Waals surface area contributed by atoms with Crippen molar-refractivity contribution in [1.82, 2.24) is 4.98 Å². The third-order valence-corrected chi connectivity index (χ3v) is 5.73. The molecule has 32 heavy (non-hydrogen) atoms. The van der Waals surface area contributed by atoms with Crippen molar-refractivity contribution in [3.8, 4) is 5.88 Å². The number of carbonyl (C=O) groups excluding carboxylic acids is 2. The van der Waals surface area contributed by atoms with Crippen molar-refractivity contribution in [3.63, 3.8) is 0 Å². The predicted molar refractivity (Wildman–Crippen MR) is 125 cm³/mol. The average Bonchev–Trinajstić information content (AvgIpc) is 2.91. The first-order chi connectivity index (χ1) is 14.8. The number of ether oxygens (including phenoxy) is 2. The number of hydrogen-bond acceptors (Lipinski definition) is 5. The van der Waals surface area contributed by atoms with E-state index in [2.05, 4.69) is 32.7 Å². The third-order valence-electron chi connectivity index (χ3n) is 5.73. The minimum absolute atomic E-state index is 0. The minimum Gasteiger partial charge on any atom is -0.575 e. The van der Waals surface area contributed by atoms with E-state index in [9.17, 15) is 9.59 Å². The summed E-state index contributed by atoms with van der Waals surface area (Å²) in [6, 6.07) is 3.69. The van der Waals surface area contributed by atoms with Crippen LogP contribution in [-0.4, -0.2) is 29.3 Å². The van der Waals surface area contributed by atoms with Crippen LogP contribution in [0.5, 0.6) is 5.88 Å². The van der Waals surface area contributed by atoms with Crippen LogP contribution in [0.25, 0.3) is 0 Å². The first kappa shape index (κ1) is 31.3. The summed E-state index contributed by atoms with van der Waals surface area (Å²) < 4.78 is 11.1. The van der Waals surface area contributed by atoms with Crippen molar-refractivity contribution in [2.75, 3.05) is 6.61 Å². The number of pyridine rings is 1. The number of hydrogen-bond donors (Lipinski definition) is 0. The van der Waals surface area contributed by atoms with Gasteiger partial charge in [-0.25, -0.2) is 4.98 Å². The summed E-state index contributed by atoms with van der Waals surface area (Å²) >= 11 is 0. The predicted octanol–water partition coefficient (Wildman–Crippen LogP) is 6.15. The van der Waals surface area contributed by atoms with E-state index in [1.54, 1.807) is 6.07 Å². The molecule has 1 heterocycles. The van der Waals surface area contributed by atoms with Gasteiger partial charge in [0.1, 0.15) is 5.78 Å². The van der Waals surface area contributed by atoms with Crippen LogP contribution >= 0.6 is 0 Å². The maximum absolute atomic E-state index is 11.8. The van der Waals surface area contributed by atoms with Crippen molar-refractivity contribution < 1.29 is 50.2 Å². The molecule has 178 valence electrons. The monoisotopic (exact) mass is 669 g/mol. The van der Waals surface area contributed by atoms with Crippen LogP contribution in [-0.2, 0) is 14.3 Å². The second-order valence-corrected chi connectivity index (χ2v) is 8.39. The Bertz CT molecular complexity index is 674. The second kappa shape index (κ2) is 17.7. The molecule has 0 bridgehead atoms. The maximum atomic E-state index is 11.8. The normalized spacial score (nSPS) is 17.2. The molecule has 2 atom stereocenters. The number of aryl methyl sites for hydroxylation is 2. The smallest absolute Gasteiger partial charge is 0.575 e.